The number of furan rings is 1. The van der Waals surface area contributed by atoms with E-state index in [4.69, 9.17) is 10.2 Å². The van der Waals surface area contributed by atoms with E-state index < -0.39 is 6.04 Å². The molecular weight excluding hydrogens is 358 g/mol. The number of aromatic nitrogens is 2. The maximum absolute atomic E-state index is 12.3. The predicted octanol–water partition coefficient (Wildman–Crippen LogP) is 3.48. The molecule has 0 aliphatic carbocycles. The SMILES string of the molecule is N[C@H](c1ccccc1)c1nc2c(oc3ccc(Br)cc32)c(=O)[nH]1. The fourth-order valence-electron chi connectivity index (χ4n) is 2.61. The van der Waals surface area contributed by atoms with Crippen LogP contribution in [0.4, 0.5) is 0 Å². The second-order valence-electron chi connectivity index (χ2n) is 5.26. The maximum Gasteiger partial charge on any atom is 0.294 e. The molecule has 2 heterocycles. The van der Waals surface area contributed by atoms with E-state index in [0.29, 0.717) is 16.9 Å². The number of hydrogen-bond acceptors (Lipinski definition) is 4. The van der Waals surface area contributed by atoms with Crippen molar-refractivity contribution in [2.24, 2.45) is 5.73 Å². The van der Waals surface area contributed by atoms with Crippen LogP contribution in [0.5, 0.6) is 0 Å². The van der Waals surface area contributed by atoms with E-state index in [1.165, 1.54) is 0 Å². The number of benzene rings is 2. The molecule has 5 nitrogen and oxygen atoms in total. The average molecular weight is 370 g/mol. The zero-order valence-electron chi connectivity index (χ0n) is 11.9. The van der Waals surface area contributed by atoms with Gasteiger partial charge in [-0.2, -0.15) is 0 Å². The fraction of sp³-hybridized carbons (Fsp3) is 0.0588. The molecule has 0 radical (unpaired) electrons. The standard InChI is InChI=1S/C17H12BrN3O2/c18-10-6-7-12-11(8-10)14-15(23-12)17(22)21-16(20-14)13(19)9-4-2-1-3-5-9/h1-8,13H,19H2,(H,20,21,22)/t13-/m1/s1. The van der Waals surface area contributed by atoms with E-state index in [1.54, 1.807) is 6.07 Å². The van der Waals surface area contributed by atoms with Crippen LogP contribution in [-0.4, -0.2) is 9.97 Å². The quantitative estimate of drug-likeness (QED) is 0.566. The first-order valence-electron chi connectivity index (χ1n) is 7.06. The summed E-state index contributed by atoms with van der Waals surface area (Å²) in [5.41, 5.74) is 8.14. The molecule has 0 spiro atoms. The van der Waals surface area contributed by atoms with E-state index in [-0.39, 0.29) is 11.1 Å². The van der Waals surface area contributed by atoms with Gasteiger partial charge in [-0.3, -0.25) is 4.79 Å². The summed E-state index contributed by atoms with van der Waals surface area (Å²) in [4.78, 5) is 19.6. The number of H-pyrrole nitrogens is 1. The molecule has 0 saturated heterocycles. The van der Waals surface area contributed by atoms with Gasteiger partial charge in [0.1, 0.15) is 16.9 Å². The summed E-state index contributed by atoms with van der Waals surface area (Å²) in [6.07, 6.45) is 0. The molecule has 4 rings (SSSR count). The second kappa shape index (κ2) is 5.33. The van der Waals surface area contributed by atoms with Crippen molar-refractivity contribution in [2.45, 2.75) is 6.04 Å². The Bertz CT molecular complexity index is 1070. The number of fused-ring (bicyclic) bond motifs is 3. The van der Waals surface area contributed by atoms with E-state index in [9.17, 15) is 4.79 Å². The number of rotatable bonds is 2. The van der Waals surface area contributed by atoms with Gasteiger partial charge in [-0.15, -0.1) is 0 Å². The lowest BCUT2D eigenvalue weighted by molar-refractivity contribution is 0.657. The molecule has 4 aromatic rings. The minimum atomic E-state index is -0.509. The van der Waals surface area contributed by atoms with Gasteiger partial charge in [-0.1, -0.05) is 46.3 Å². The zero-order valence-corrected chi connectivity index (χ0v) is 13.5. The number of nitrogens with zero attached hydrogens (tertiary/aromatic N) is 1. The Morgan fingerprint density at radius 1 is 1.17 bits per heavy atom. The molecule has 23 heavy (non-hydrogen) atoms. The van der Waals surface area contributed by atoms with Crippen molar-refractivity contribution < 1.29 is 4.42 Å². The van der Waals surface area contributed by atoms with Crippen molar-refractivity contribution in [1.29, 1.82) is 0 Å². The van der Waals surface area contributed by atoms with Crippen LogP contribution in [0, 0.1) is 0 Å². The van der Waals surface area contributed by atoms with Crippen molar-refractivity contribution in [3.8, 4) is 0 Å². The summed E-state index contributed by atoms with van der Waals surface area (Å²) in [6.45, 7) is 0. The lowest BCUT2D eigenvalue weighted by Crippen LogP contribution is -2.20. The number of nitrogens with two attached hydrogens (primary N) is 1. The molecule has 114 valence electrons. The van der Waals surface area contributed by atoms with Gasteiger partial charge in [0.2, 0.25) is 5.58 Å². The molecule has 3 N–H and O–H groups in total. The van der Waals surface area contributed by atoms with E-state index in [0.717, 1.165) is 15.4 Å². The van der Waals surface area contributed by atoms with Crippen molar-refractivity contribution in [3.63, 3.8) is 0 Å². The summed E-state index contributed by atoms with van der Waals surface area (Å²) in [7, 11) is 0. The Balaban J connectivity index is 1.97. The largest absolute Gasteiger partial charge is 0.449 e. The van der Waals surface area contributed by atoms with Crippen LogP contribution in [0.2, 0.25) is 0 Å². The molecule has 0 unspecified atom stereocenters. The minimum absolute atomic E-state index is 0.210. The van der Waals surface area contributed by atoms with E-state index in [2.05, 4.69) is 25.9 Å². The van der Waals surface area contributed by atoms with Gasteiger partial charge in [0.05, 0.1) is 6.04 Å². The van der Waals surface area contributed by atoms with Crippen molar-refractivity contribution in [3.05, 3.63) is 74.7 Å². The smallest absolute Gasteiger partial charge is 0.294 e. The highest BCUT2D eigenvalue weighted by molar-refractivity contribution is 9.10. The van der Waals surface area contributed by atoms with Crippen LogP contribution in [0.3, 0.4) is 0 Å². The number of nitrogens with one attached hydrogen (secondary N) is 1. The highest BCUT2D eigenvalue weighted by Crippen LogP contribution is 2.28. The Kier molecular flexibility index (Phi) is 3.28. The third-order valence-corrected chi connectivity index (χ3v) is 4.25. The van der Waals surface area contributed by atoms with Gasteiger partial charge in [-0.25, -0.2) is 4.98 Å². The lowest BCUT2D eigenvalue weighted by Gasteiger charge is -2.10. The maximum atomic E-state index is 12.3. The molecule has 2 aromatic heterocycles. The molecular formula is C17H12BrN3O2. The third kappa shape index (κ3) is 2.36. The van der Waals surface area contributed by atoms with Crippen molar-refractivity contribution >= 4 is 38.0 Å². The Morgan fingerprint density at radius 3 is 2.74 bits per heavy atom. The van der Waals surface area contributed by atoms with Crippen LogP contribution in [0.15, 0.2) is 62.2 Å². The predicted molar refractivity (Wildman–Crippen MR) is 92.3 cm³/mol. The number of aromatic amines is 1. The van der Waals surface area contributed by atoms with Crippen LogP contribution in [0.1, 0.15) is 17.4 Å². The minimum Gasteiger partial charge on any atom is -0.449 e. The van der Waals surface area contributed by atoms with Gasteiger partial charge in [0, 0.05) is 9.86 Å². The summed E-state index contributed by atoms with van der Waals surface area (Å²) in [5, 5.41) is 0.780. The first kappa shape index (κ1) is 14.2. The molecule has 0 fully saturated rings. The summed E-state index contributed by atoms with van der Waals surface area (Å²) in [5.74, 6) is 0.413. The highest BCUT2D eigenvalue weighted by atomic mass is 79.9. The highest BCUT2D eigenvalue weighted by Gasteiger charge is 2.17. The van der Waals surface area contributed by atoms with E-state index in [1.807, 2.05) is 42.5 Å². The number of hydrogen-bond donors (Lipinski definition) is 2. The Morgan fingerprint density at radius 2 is 1.96 bits per heavy atom. The van der Waals surface area contributed by atoms with E-state index >= 15 is 0 Å². The fourth-order valence-corrected chi connectivity index (χ4v) is 2.97. The monoisotopic (exact) mass is 369 g/mol. The van der Waals surface area contributed by atoms with Gasteiger partial charge < -0.3 is 15.1 Å². The summed E-state index contributed by atoms with van der Waals surface area (Å²) < 4.78 is 6.50. The van der Waals surface area contributed by atoms with Gasteiger partial charge in [0.15, 0.2) is 0 Å². The molecule has 0 saturated carbocycles. The summed E-state index contributed by atoms with van der Waals surface area (Å²) >= 11 is 3.43. The lowest BCUT2D eigenvalue weighted by atomic mass is 10.1. The Hall–Kier alpha value is -2.44. The van der Waals surface area contributed by atoms with Gasteiger partial charge >= 0.3 is 0 Å². The van der Waals surface area contributed by atoms with Crippen LogP contribution < -0.4 is 11.3 Å². The molecule has 1 atom stereocenters. The number of halogens is 1. The zero-order chi connectivity index (χ0) is 16.0. The average Bonchev–Trinajstić information content (AvgIpc) is 2.93. The summed E-state index contributed by atoms with van der Waals surface area (Å²) in [6, 6.07) is 14.5. The van der Waals surface area contributed by atoms with Crippen LogP contribution >= 0.6 is 15.9 Å². The van der Waals surface area contributed by atoms with Crippen LogP contribution in [0.25, 0.3) is 22.1 Å². The molecule has 2 aromatic carbocycles. The van der Waals surface area contributed by atoms with Crippen LogP contribution in [-0.2, 0) is 0 Å². The second-order valence-corrected chi connectivity index (χ2v) is 6.18. The van der Waals surface area contributed by atoms with Crippen molar-refractivity contribution in [1.82, 2.24) is 9.97 Å². The van der Waals surface area contributed by atoms with Gasteiger partial charge in [-0.05, 0) is 23.8 Å². The van der Waals surface area contributed by atoms with Crippen molar-refractivity contribution in [2.75, 3.05) is 0 Å². The molecule has 0 aliphatic rings. The molecule has 6 heteroatoms. The Labute approximate surface area is 139 Å². The third-order valence-electron chi connectivity index (χ3n) is 3.76. The molecule has 0 aliphatic heterocycles. The first-order chi connectivity index (χ1) is 11.1. The normalized spacial score (nSPS) is 12.8. The van der Waals surface area contributed by atoms with Gasteiger partial charge in [0.25, 0.3) is 5.56 Å². The first-order valence-corrected chi connectivity index (χ1v) is 7.85. The molecule has 0 bridgehead atoms. The molecule has 0 amide bonds. The topological polar surface area (TPSA) is 84.9 Å².